The molecule has 0 saturated heterocycles. The van der Waals surface area contributed by atoms with E-state index in [-0.39, 0.29) is 0 Å². The molecule has 0 radical (unpaired) electrons. The van der Waals surface area contributed by atoms with Crippen LogP contribution in [-0.4, -0.2) is 19.9 Å². The van der Waals surface area contributed by atoms with Crippen molar-refractivity contribution in [1.82, 2.24) is 19.9 Å². The Morgan fingerprint density at radius 1 is 0.600 bits per heavy atom. The summed E-state index contributed by atoms with van der Waals surface area (Å²) in [7, 11) is 0. The van der Waals surface area contributed by atoms with E-state index in [2.05, 4.69) is 98.4 Å². The zero-order valence-corrected chi connectivity index (χ0v) is 17.8. The van der Waals surface area contributed by atoms with Crippen LogP contribution in [0.15, 0.2) is 36.4 Å². The van der Waals surface area contributed by atoms with E-state index in [4.69, 9.17) is 9.97 Å². The van der Waals surface area contributed by atoms with Crippen molar-refractivity contribution in [2.75, 3.05) is 0 Å². The Hall–Kier alpha value is -3.40. The number of hydrogen-bond donors (Lipinski definition) is 2. The summed E-state index contributed by atoms with van der Waals surface area (Å²) >= 11 is 0. The third-order valence-electron chi connectivity index (χ3n) is 5.63. The summed E-state index contributed by atoms with van der Waals surface area (Å²) in [5.74, 6) is 0.664. The Labute approximate surface area is 176 Å². The number of nitrogens with zero attached hydrogens (tertiary/aromatic N) is 2. The molecule has 3 aromatic heterocycles. The Morgan fingerprint density at radius 3 is 1.90 bits per heavy atom. The van der Waals surface area contributed by atoms with Gasteiger partial charge in [-0.15, -0.1) is 0 Å². The molecule has 3 aromatic rings. The van der Waals surface area contributed by atoms with Crippen molar-refractivity contribution in [3.8, 4) is 0 Å². The number of H-pyrrole nitrogens is 2. The number of aromatic nitrogens is 4. The SMILES string of the molecule is CC(C)c1c2nc(cc3ccc(cc4ccc([nH]4)c(C(C)C)c4nc1C=C4)[nH]3)C=C2. The highest BCUT2D eigenvalue weighted by Gasteiger charge is 2.17. The zero-order chi connectivity index (χ0) is 20.8. The molecule has 2 N–H and O–H groups in total. The van der Waals surface area contributed by atoms with Crippen LogP contribution in [0.2, 0.25) is 0 Å². The maximum atomic E-state index is 5.06. The molecule has 0 amide bonds. The van der Waals surface area contributed by atoms with Gasteiger partial charge in [-0.25, -0.2) is 9.97 Å². The standard InChI is InChI=1S/C26H26N4/c1-15(2)25-21-9-7-19(28-21)13-17-5-6-18(27-17)14-20-8-10-22(29-20)26(16(3)4)24-12-11-23(25)30-24/h5-16,27-28H,1-4H3. The Bertz CT molecular complexity index is 1350. The van der Waals surface area contributed by atoms with Crippen molar-refractivity contribution in [3.63, 3.8) is 0 Å². The second kappa shape index (κ2) is 7.13. The molecule has 4 nitrogen and oxygen atoms in total. The molecular weight excluding hydrogens is 368 g/mol. The molecule has 2 aliphatic heterocycles. The Balaban J connectivity index is 1.94. The van der Waals surface area contributed by atoms with Crippen LogP contribution in [0.3, 0.4) is 0 Å². The molecular formula is C26H26N4. The average Bonchev–Trinajstić information content (AvgIpc) is 3.46. The van der Waals surface area contributed by atoms with E-state index < -0.39 is 0 Å². The first-order valence-electron chi connectivity index (χ1n) is 10.6. The smallest absolute Gasteiger partial charge is 0.0693 e. The summed E-state index contributed by atoms with van der Waals surface area (Å²) in [6, 6.07) is 12.7. The van der Waals surface area contributed by atoms with E-state index >= 15 is 0 Å². The minimum atomic E-state index is 0.320. The Kier molecular flexibility index (Phi) is 4.43. The molecule has 0 fully saturated rings. The highest BCUT2D eigenvalue weighted by molar-refractivity contribution is 5.81. The van der Waals surface area contributed by atoms with Gasteiger partial charge in [-0.2, -0.15) is 0 Å². The summed E-state index contributed by atoms with van der Waals surface area (Å²) in [6.45, 7) is 8.85. The maximum Gasteiger partial charge on any atom is 0.0693 e. The van der Waals surface area contributed by atoms with Gasteiger partial charge in [0.1, 0.15) is 0 Å². The third-order valence-corrected chi connectivity index (χ3v) is 5.63. The second-order valence-electron chi connectivity index (χ2n) is 8.59. The van der Waals surface area contributed by atoms with Crippen LogP contribution in [0.25, 0.3) is 46.4 Å². The van der Waals surface area contributed by atoms with Gasteiger partial charge in [0.25, 0.3) is 0 Å². The van der Waals surface area contributed by atoms with Gasteiger partial charge < -0.3 is 9.97 Å². The summed E-state index contributed by atoms with van der Waals surface area (Å²) < 4.78 is 0. The molecule has 2 aliphatic rings. The zero-order valence-electron chi connectivity index (χ0n) is 17.8. The summed E-state index contributed by atoms with van der Waals surface area (Å²) in [5, 5.41) is 0. The van der Waals surface area contributed by atoms with Crippen molar-refractivity contribution in [2.24, 2.45) is 0 Å². The molecule has 150 valence electrons. The highest BCUT2D eigenvalue weighted by Crippen LogP contribution is 2.31. The van der Waals surface area contributed by atoms with Crippen LogP contribution >= 0.6 is 0 Å². The first kappa shape index (κ1) is 18.6. The lowest BCUT2D eigenvalue weighted by atomic mass is 10.00. The minimum Gasteiger partial charge on any atom is -0.355 e. The van der Waals surface area contributed by atoms with Crippen LogP contribution in [0, 0.1) is 0 Å². The van der Waals surface area contributed by atoms with Gasteiger partial charge >= 0.3 is 0 Å². The quantitative estimate of drug-likeness (QED) is 0.342. The summed E-state index contributed by atoms with van der Waals surface area (Å²) in [4.78, 5) is 17.0. The molecule has 0 atom stereocenters. The monoisotopic (exact) mass is 394 g/mol. The van der Waals surface area contributed by atoms with Crippen LogP contribution in [0.5, 0.6) is 0 Å². The predicted octanol–water partition coefficient (Wildman–Crippen LogP) is 6.90. The molecule has 0 aromatic carbocycles. The molecule has 0 spiro atoms. The normalized spacial score (nSPS) is 13.0. The average molecular weight is 395 g/mol. The number of fused-ring (bicyclic) bond motifs is 8. The van der Waals surface area contributed by atoms with E-state index in [1.54, 1.807) is 0 Å². The third kappa shape index (κ3) is 3.28. The summed E-state index contributed by atoms with van der Waals surface area (Å²) in [5.41, 5.74) is 10.7. The molecule has 5 rings (SSSR count). The van der Waals surface area contributed by atoms with Crippen molar-refractivity contribution < 1.29 is 0 Å². The van der Waals surface area contributed by atoms with Gasteiger partial charge in [-0.3, -0.25) is 0 Å². The predicted molar refractivity (Wildman–Crippen MR) is 127 cm³/mol. The van der Waals surface area contributed by atoms with Gasteiger partial charge in [0.05, 0.1) is 22.8 Å². The fourth-order valence-corrected chi connectivity index (χ4v) is 4.32. The van der Waals surface area contributed by atoms with Crippen LogP contribution in [0.4, 0.5) is 0 Å². The number of rotatable bonds is 2. The van der Waals surface area contributed by atoms with Gasteiger partial charge in [-0.05, 0) is 72.5 Å². The van der Waals surface area contributed by atoms with E-state index in [1.165, 1.54) is 11.1 Å². The van der Waals surface area contributed by atoms with E-state index in [0.717, 1.165) is 44.8 Å². The molecule has 0 saturated carbocycles. The van der Waals surface area contributed by atoms with Gasteiger partial charge in [0.2, 0.25) is 0 Å². The van der Waals surface area contributed by atoms with E-state index in [0.29, 0.717) is 11.8 Å². The maximum absolute atomic E-state index is 5.06. The molecule has 4 heteroatoms. The van der Waals surface area contributed by atoms with Gasteiger partial charge in [0.15, 0.2) is 0 Å². The van der Waals surface area contributed by atoms with Crippen molar-refractivity contribution in [2.45, 2.75) is 39.5 Å². The first-order chi connectivity index (χ1) is 14.5. The Morgan fingerprint density at radius 2 is 1.17 bits per heavy atom. The van der Waals surface area contributed by atoms with E-state index in [1.807, 2.05) is 0 Å². The number of nitrogens with one attached hydrogen (secondary N) is 2. The van der Waals surface area contributed by atoms with E-state index in [9.17, 15) is 0 Å². The minimum absolute atomic E-state index is 0.320. The second-order valence-corrected chi connectivity index (χ2v) is 8.59. The van der Waals surface area contributed by atoms with Crippen molar-refractivity contribution >= 4 is 46.4 Å². The lowest BCUT2D eigenvalue weighted by molar-refractivity contribution is 0.844. The van der Waals surface area contributed by atoms with Crippen molar-refractivity contribution in [3.05, 3.63) is 70.3 Å². The van der Waals surface area contributed by atoms with Crippen LogP contribution in [-0.2, 0) is 0 Å². The number of aromatic amines is 2. The molecule has 0 aliphatic carbocycles. The number of hydrogen-bond acceptors (Lipinski definition) is 2. The molecule has 30 heavy (non-hydrogen) atoms. The fraction of sp³-hybridized carbons (Fsp3) is 0.231. The molecule has 8 bridgehead atoms. The topological polar surface area (TPSA) is 57.4 Å². The lowest BCUT2D eigenvalue weighted by Crippen LogP contribution is -1.97. The summed E-state index contributed by atoms with van der Waals surface area (Å²) in [6.07, 6.45) is 8.46. The highest BCUT2D eigenvalue weighted by atomic mass is 14.8. The van der Waals surface area contributed by atoms with Gasteiger partial charge in [-0.1, -0.05) is 27.7 Å². The van der Waals surface area contributed by atoms with Crippen molar-refractivity contribution in [1.29, 1.82) is 0 Å². The largest absolute Gasteiger partial charge is 0.355 e. The lowest BCUT2D eigenvalue weighted by Gasteiger charge is -2.08. The fourth-order valence-electron chi connectivity index (χ4n) is 4.32. The molecule has 5 heterocycles. The molecule has 0 unspecified atom stereocenters. The van der Waals surface area contributed by atoms with Crippen LogP contribution < -0.4 is 0 Å². The first-order valence-corrected chi connectivity index (χ1v) is 10.6. The van der Waals surface area contributed by atoms with Gasteiger partial charge in [0, 0.05) is 33.2 Å². The van der Waals surface area contributed by atoms with Crippen LogP contribution in [0.1, 0.15) is 73.4 Å².